The lowest BCUT2D eigenvalue weighted by Crippen LogP contribution is -2.68. The minimum absolute atomic E-state index is 0.124. The Kier molecular flexibility index (Phi) is 2.99. The Morgan fingerprint density at radius 2 is 2.18 bits per heavy atom. The number of ether oxygens (including phenoxy) is 2. The smallest absolute Gasteiger partial charge is 0.411 e. The highest BCUT2D eigenvalue weighted by molar-refractivity contribution is 5.87. The molecule has 6 heteroatoms. The molecule has 2 fully saturated rings. The van der Waals surface area contributed by atoms with Gasteiger partial charge in [-0.15, -0.1) is 0 Å². The summed E-state index contributed by atoms with van der Waals surface area (Å²) in [4.78, 5) is 25.2. The monoisotopic (exact) mass is 242 g/mol. The lowest BCUT2D eigenvalue weighted by Gasteiger charge is -2.44. The molecule has 6 nitrogen and oxygen atoms in total. The van der Waals surface area contributed by atoms with Crippen molar-refractivity contribution in [3.8, 4) is 0 Å². The topological polar surface area (TPSA) is 67.9 Å². The van der Waals surface area contributed by atoms with Crippen LogP contribution in [0.1, 0.15) is 20.8 Å². The summed E-state index contributed by atoms with van der Waals surface area (Å²) in [5, 5.41) is 2.76. The van der Waals surface area contributed by atoms with Crippen molar-refractivity contribution in [2.45, 2.75) is 38.5 Å². The molecular weight excluding hydrogens is 224 g/mol. The number of piperazine rings is 1. The number of carbonyl (C=O) groups is 2. The van der Waals surface area contributed by atoms with Crippen molar-refractivity contribution in [2.75, 3.05) is 19.8 Å². The summed E-state index contributed by atoms with van der Waals surface area (Å²) in [5.74, 6) is -0.174. The van der Waals surface area contributed by atoms with E-state index in [2.05, 4.69) is 5.32 Å². The summed E-state index contributed by atoms with van der Waals surface area (Å²) in [5.41, 5.74) is -0.555. The molecule has 2 atom stereocenters. The van der Waals surface area contributed by atoms with Crippen LogP contribution in [0.5, 0.6) is 0 Å². The van der Waals surface area contributed by atoms with Crippen LogP contribution in [-0.4, -0.2) is 54.3 Å². The zero-order valence-corrected chi connectivity index (χ0v) is 10.4. The van der Waals surface area contributed by atoms with Gasteiger partial charge in [-0.3, -0.25) is 9.69 Å². The van der Waals surface area contributed by atoms with Crippen LogP contribution in [0.4, 0.5) is 4.79 Å². The van der Waals surface area contributed by atoms with E-state index in [0.29, 0.717) is 13.2 Å². The van der Waals surface area contributed by atoms with Gasteiger partial charge >= 0.3 is 6.09 Å². The van der Waals surface area contributed by atoms with E-state index in [1.54, 1.807) is 20.8 Å². The first-order chi connectivity index (χ1) is 7.88. The van der Waals surface area contributed by atoms with Crippen LogP contribution in [0.15, 0.2) is 0 Å². The fraction of sp³-hybridized carbons (Fsp3) is 0.818. The number of fused-ring (bicyclic) bond motifs is 2. The quantitative estimate of drug-likeness (QED) is 0.655. The van der Waals surface area contributed by atoms with E-state index in [0.717, 1.165) is 0 Å². The lowest BCUT2D eigenvalue weighted by molar-refractivity contribution is -0.142. The summed E-state index contributed by atoms with van der Waals surface area (Å²) < 4.78 is 10.6. The van der Waals surface area contributed by atoms with Gasteiger partial charge in [0.1, 0.15) is 11.6 Å². The third-order valence-corrected chi connectivity index (χ3v) is 2.73. The normalized spacial score (nSPS) is 28.6. The van der Waals surface area contributed by atoms with Gasteiger partial charge in [0.25, 0.3) is 0 Å². The summed E-state index contributed by atoms with van der Waals surface area (Å²) in [6.45, 7) is 6.52. The van der Waals surface area contributed by atoms with Gasteiger partial charge < -0.3 is 14.8 Å². The Morgan fingerprint density at radius 3 is 2.82 bits per heavy atom. The van der Waals surface area contributed by atoms with Crippen LogP contribution in [0.25, 0.3) is 0 Å². The molecule has 2 heterocycles. The highest BCUT2D eigenvalue weighted by Crippen LogP contribution is 2.21. The van der Waals surface area contributed by atoms with Crippen molar-refractivity contribution < 1.29 is 19.1 Å². The van der Waals surface area contributed by atoms with Crippen molar-refractivity contribution in [2.24, 2.45) is 0 Å². The minimum Gasteiger partial charge on any atom is -0.444 e. The Balaban J connectivity index is 2.13. The van der Waals surface area contributed by atoms with Gasteiger partial charge in [0.15, 0.2) is 0 Å². The number of carbonyl (C=O) groups excluding carboxylic acids is 2. The lowest BCUT2D eigenvalue weighted by atomic mass is 10.1. The van der Waals surface area contributed by atoms with Crippen LogP contribution in [0, 0.1) is 0 Å². The van der Waals surface area contributed by atoms with Crippen LogP contribution in [0.2, 0.25) is 0 Å². The van der Waals surface area contributed by atoms with E-state index in [4.69, 9.17) is 9.47 Å². The summed E-state index contributed by atoms with van der Waals surface area (Å²) >= 11 is 0. The number of morpholine rings is 1. The third kappa shape index (κ3) is 2.52. The summed E-state index contributed by atoms with van der Waals surface area (Å²) in [6.07, 6.45) is -0.439. The zero-order valence-electron chi connectivity index (χ0n) is 10.4. The summed E-state index contributed by atoms with van der Waals surface area (Å²) in [7, 11) is 0. The maximum atomic E-state index is 12.0. The average Bonchev–Trinajstić information content (AvgIpc) is 2.21. The fourth-order valence-electron chi connectivity index (χ4n) is 2.02. The first-order valence-electron chi connectivity index (χ1n) is 5.75. The molecule has 96 valence electrons. The highest BCUT2D eigenvalue weighted by atomic mass is 16.6. The predicted octanol–water partition coefficient (Wildman–Crippen LogP) is 0.121. The van der Waals surface area contributed by atoms with Gasteiger partial charge in [0.2, 0.25) is 5.91 Å². The highest BCUT2D eigenvalue weighted by Gasteiger charge is 2.44. The van der Waals surface area contributed by atoms with Crippen molar-refractivity contribution in [3.05, 3.63) is 0 Å². The Labute approximate surface area is 100 Å². The molecule has 2 saturated heterocycles. The van der Waals surface area contributed by atoms with Crippen molar-refractivity contribution in [1.82, 2.24) is 10.2 Å². The van der Waals surface area contributed by atoms with Gasteiger partial charge in [0, 0.05) is 6.54 Å². The molecule has 0 spiro atoms. The first kappa shape index (κ1) is 12.2. The minimum atomic E-state index is -0.558. The van der Waals surface area contributed by atoms with Crippen LogP contribution < -0.4 is 5.32 Å². The Bertz CT molecular complexity index is 337. The van der Waals surface area contributed by atoms with Crippen LogP contribution >= 0.6 is 0 Å². The Hall–Kier alpha value is -1.30. The molecule has 0 radical (unpaired) electrons. The molecule has 2 amide bonds. The van der Waals surface area contributed by atoms with E-state index in [1.165, 1.54) is 4.90 Å². The second-order valence-electron chi connectivity index (χ2n) is 5.34. The standard InChI is InChI=1S/C11H18N2O4/c1-11(2,3)17-10(15)13-7-4-12-9(14)8(13)6-16-5-7/h7-8H,4-6H2,1-3H3,(H,12,14). The van der Waals surface area contributed by atoms with Gasteiger partial charge in [-0.2, -0.15) is 0 Å². The molecular formula is C11H18N2O4. The fourth-order valence-corrected chi connectivity index (χ4v) is 2.02. The molecule has 0 saturated carbocycles. The molecule has 2 aliphatic rings. The third-order valence-electron chi connectivity index (χ3n) is 2.73. The second-order valence-corrected chi connectivity index (χ2v) is 5.34. The maximum Gasteiger partial charge on any atom is 0.411 e. The summed E-state index contributed by atoms with van der Waals surface area (Å²) in [6, 6.07) is -0.682. The Morgan fingerprint density at radius 1 is 1.47 bits per heavy atom. The van der Waals surface area contributed by atoms with E-state index in [9.17, 15) is 9.59 Å². The number of nitrogens with one attached hydrogen (secondary N) is 1. The molecule has 2 bridgehead atoms. The van der Waals surface area contributed by atoms with Gasteiger partial charge in [-0.05, 0) is 20.8 Å². The molecule has 1 N–H and O–H groups in total. The second kappa shape index (κ2) is 4.18. The number of amides is 2. The van der Waals surface area contributed by atoms with Crippen molar-refractivity contribution >= 4 is 12.0 Å². The molecule has 2 unspecified atom stereocenters. The van der Waals surface area contributed by atoms with Crippen molar-refractivity contribution in [3.63, 3.8) is 0 Å². The number of hydrogen-bond acceptors (Lipinski definition) is 4. The van der Waals surface area contributed by atoms with Crippen molar-refractivity contribution in [1.29, 1.82) is 0 Å². The number of nitrogens with zero attached hydrogens (tertiary/aromatic N) is 1. The van der Waals surface area contributed by atoms with Gasteiger partial charge in [-0.25, -0.2) is 4.79 Å². The molecule has 2 aliphatic heterocycles. The van der Waals surface area contributed by atoms with Gasteiger partial charge in [-0.1, -0.05) is 0 Å². The molecule has 0 aliphatic carbocycles. The van der Waals surface area contributed by atoms with Crippen LogP contribution in [-0.2, 0) is 14.3 Å². The molecule has 0 aromatic carbocycles. The van der Waals surface area contributed by atoms with E-state index < -0.39 is 17.7 Å². The van der Waals surface area contributed by atoms with E-state index in [-0.39, 0.29) is 18.6 Å². The van der Waals surface area contributed by atoms with E-state index >= 15 is 0 Å². The zero-order chi connectivity index (χ0) is 12.6. The first-order valence-corrected chi connectivity index (χ1v) is 5.75. The number of rotatable bonds is 0. The van der Waals surface area contributed by atoms with Gasteiger partial charge in [0.05, 0.1) is 19.3 Å². The van der Waals surface area contributed by atoms with E-state index in [1.807, 2.05) is 0 Å². The largest absolute Gasteiger partial charge is 0.444 e. The molecule has 0 aromatic heterocycles. The van der Waals surface area contributed by atoms with Crippen LogP contribution in [0.3, 0.4) is 0 Å². The average molecular weight is 242 g/mol. The molecule has 2 rings (SSSR count). The number of hydrogen-bond donors (Lipinski definition) is 1. The predicted molar refractivity (Wildman–Crippen MR) is 59.5 cm³/mol. The maximum absolute atomic E-state index is 12.0. The molecule has 17 heavy (non-hydrogen) atoms. The SMILES string of the molecule is CC(C)(C)OC(=O)N1C2CNC(=O)C1COC2. The molecule has 0 aromatic rings.